The first kappa shape index (κ1) is 40.7. The van der Waals surface area contributed by atoms with Crippen molar-refractivity contribution in [2.75, 3.05) is 26.2 Å². The Morgan fingerprint density at radius 1 is 0.525 bits per heavy atom. The predicted molar refractivity (Wildman–Crippen MR) is 97.7 cm³/mol. The van der Waals surface area contributed by atoms with E-state index in [1.807, 2.05) is 0 Å². The van der Waals surface area contributed by atoms with Gasteiger partial charge in [0.2, 0.25) is 0 Å². The van der Waals surface area contributed by atoms with Gasteiger partial charge in [-0.25, -0.2) is 12.8 Å². The van der Waals surface area contributed by atoms with Gasteiger partial charge >= 0.3 is 47.6 Å². The first-order chi connectivity index (χ1) is 17.1. The summed E-state index contributed by atoms with van der Waals surface area (Å²) < 4.78 is 261. The number of hydrogen-bond acceptors (Lipinski definition) is 3. The number of quaternary nitrogens is 1. The average molecular weight is 661 g/mol. The van der Waals surface area contributed by atoms with E-state index in [2.05, 4.69) is 27.7 Å². The fraction of sp³-hybridized carbons (Fsp3) is 1.00. The Morgan fingerprint density at radius 3 is 0.925 bits per heavy atom. The van der Waals surface area contributed by atoms with Gasteiger partial charge in [0.15, 0.2) is 0 Å². The van der Waals surface area contributed by atoms with Crippen molar-refractivity contribution < 1.29 is 96.5 Å². The Balaban J connectivity index is 0. The van der Waals surface area contributed by atoms with Gasteiger partial charge in [-0.2, -0.15) is 74.6 Å². The molecule has 0 heterocycles. The summed E-state index contributed by atoms with van der Waals surface area (Å²) >= 11 is 0. The van der Waals surface area contributed by atoms with E-state index in [1.54, 1.807) is 0 Å². The van der Waals surface area contributed by atoms with Gasteiger partial charge in [0.05, 0.1) is 26.2 Å². The van der Waals surface area contributed by atoms with Crippen molar-refractivity contribution in [3.05, 3.63) is 0 Å². The lowest BCUT2D eigenvalue weighted by atomic mass is 9.89. The molecule has 0 bridgehead atoms. The summed E-state index contributed by atoms with van der Waals surface area (Å²) in [5.74, 6) is -60.4. The van der Waals surface area contributed by atoms with Crippen molar-refractivity contribution in [2.24, 2.45) is 0 Å². The van der Waals surface area contributed by atoms with E-state index in [9.17, 15) is 92.0 Å². The van der Waals surface area contributed by atoms with Crippen molar-refractivity contribution in [2.45, 2.75) is 80.8 Å². The van der Waals surface area contributed by atoms with Crippen molar-refractivity contribution in [1.82, 2.24) is 0 Å². The molecule has 0 radical (unpaired) electrons. The molecule has 0 aromatic heterocycles. The van der Waals surface area contributed by atoms with Crippen LogP contribution in [-0.2, 0) is 10.1 Å². The summed E-state index contributed by atoms with van der Waals surface area (Å²) in [7, 11) is -7.49. The molecule has 1 unspecified atom stereocenters. The van der Waals surface area contributed by atoms with E-state index < -0.39 is 63.3 Å². The molecule has 40 heavy (non-hydrogen) atoms. The topological polar surface area (TPSA) is 57.2 Å². The van der Waals surface area contributed by atoms with Crippen LogP contribution in [0, 0.1) is 0 Å². The van der Waals surface area contributed by atoms with Crippen LogP contribution in [0.5, 0.6) is 0 Å². The highest BCUT2D eigenvalue weighted by Gasteiger charge is 2.95. The maximum atomic E-state index is 13.2. The first-order valence-corrected chi connectivity index (χ1v) is 11.8. The van der Waals surface area contributed by atoms with Crippen LogP contribution in [0.3, 0.4) is 0 Å². The third-order valence-corrected chi connectivity index (χ3v) is 6.77. The number of hydrogen-bond donors (Lipinski definition) is 0. The molecular formula is C17H21F18NO3S. The van der Waals surface area contributed by atoms with E-state index in [0.29, 0.717) is 0 Å². The highest BCUT2D eigenvalue weighted by Crippen LogP contribution is 2.64. The highest BCUT2D eigenvalue weighted by atomic mass is 32.2. The molecule has 4 nitrogen and oxygen atoms in total. The lowest BCUT2D eigenvalue weighted by molar-refractivity contribution is -0.921. The van der Waals surface area contributed by atoms with Gasteiger partial charge in [0, 0.05) is 0 Å². The lowest BCUT2D eigenvalue weighted by Gasteiger charge is -2.43. The number of nitrogens with zero attached hydrogens (tertiary/aromatic N) is 1. The van der Waals surface area contributed by atoms with Gasteiger partial charge in [0.25, 0.3) is 5.50 Å². The SMILES string of the molecule is CC[N+](CC)(CC)CC.O=S(=O)([O-])C(F)C(F)(F)C(F)(F)C(F)(F)C(F)(F)C(F)(F)C(F)(F)C(F)(F)C(F)(F)F. The van der Waals surface area contributed by atoms with Gasteiger partial charge in [-0.15, -0.1) is 0 Å². The second-order valence-corrected chi connectivity index (χ2v) is 9.38. The van der Waals surface area contributed by atoms with Crippen molar-refractivity contribution in [1.29, 1.82) is 0 Å². The van der Waals surface area contributed by atoms with E-state index in [0.717, 1.165) is 0 Å². The van der Waals surface area contributed by atoms with E-state index in [4.69, 9.17) is 0 Å². The second kappa shape index (κ2) is 11.7. The minimum Gasteiger partial charge on any atom is -0.746 e. The van der Waals surface area contributed by atoms with Gasteiger partial charge in [-0.3, -0.25) is 0 Å². The van der Waals surface area contributed by atoms with Crippen LogP contribution >= 0.6 is 0 Å². The first-order valence-electron chi connectivity index (χ1n) is 10.3. The van der Waals surface area contributed by atoms with Gasteiger partial charge in [-0.1, -0.05) is 0 Å². The van der Waals surface area contributed by atoms with E-state index in [1.165, 1.54) is 30.7 Å². The van der Waals surface area contributed by atoms with Crippen LogP contribution in [0.2, 0.25) is 0 Å². The Labute approximate surface area is 214 Å². The molecule has 0 saturated carbocycles. The normalized spacial score (nSPS) is 16.4. The van der Waals surface area contributed by atoms with Gasteiger partial charge in [0.1, 0.15) is 10.1 Å². The summed E-state index contributed by atoms with van der Waals surface area (Å²) in [4.78, 5) is 0. The molecule has 0 rings (SSSR count). The van der Waals surface area contributed by atoms with E-state index in [-0.39, 0.29) is 0 Å². The maximum absolute atomic E-state index is 13.2. The molecule has 244 valence electrons. The molecule has 0 fully saturated rings. The van der Waals surface area contributed by atoms with Gasteiger partial charge < -0.3 is 9.04 Å². The van der Waals surface area contributed by atoms with Crippen molar-refractivity contribution >= 4 is 10.1 Å². The largest absolute Gasteiger partial charge is 0.746 e. The molecule has 0 saturated heterocycles. The zero-order valence-corrected chi connectivity index (χ0v) is 21.1. The summed E-state index contributed by atoms with van der Waals surface area (Å²) in [6.07, 6.45) is -7.93. The monoisotopic (exact) mass is 661 g/mol. The van der Waals surface area contributed by atoms with Crippen LogP contribution in [-0.4, -0.2) is 96.8 Å². The second-order valence-electron chi connectivity index (χ2n) is 7.98. The Bertz CT molecular complexity index is 926. The molecule has 0 aromatic rings. The molecule has 0 aliphatic carbocycles. The molecule has 0 N–H and O–H groups in total. The van der Waals surface area contributed by atoms with Crippen molar-refractivity contribution in [3.8, 4) is 0 Å². The summed E-state index contributed by atoms with van der Waals surface area (Å²) in [6, 6.07) is 0. The average Bonchev–Trinajstić information content (AvgIpc) is 2.78. The molecule has 0 aliphatic heterocycles. The number of rotatable bonds is 12. The highest BCUT2D eigenvalue weighted by molar-refractivity contribution is 7.86. The fourth-order valence-corrected chi connectivity index (χ4v) is 3.35. The molecule has 0 aromatic carbocycles. The van der Waals surface area contributed by atoms with Crippen LogP contribution in [0.15, 0.2) is 0 Å². The molecule has 0 aliphatic rings. The third-order valence-electron chi connectivity index (χ3n) is 5.97. The minimum absolute atomic E-state index is 1.28. The number of alkyl halides is 18. The third kappa shape index (κ3) is 6.33. The zero-order chi connectivity index (χ0) is 33.4. The molecule has 0 amide bonds. The Morgan fingerprint density at radius 2 is 0.750 bits per heavy atom. The van der Waals surface area contributed by atoms with Crippen molar-refractivity contribution in [3.63, 3.8) is 0 Å². The summed E-state index contributed by atoms with van der Waals surface area (Å²) in [5, 5.41) is 0. The van der Waals surface area contributed by atoms with Gasteiger partial charge in [-0.05, 0) is 27.7 Å². The maximum Gasteiger partial charge on any atom is 0.460 e. The quantitative estimate of drug-likeness (QED) is 0.133. The Hall–Kier alpha value is -1.39. The van der Waals surface area contributed by atoms with Crippen LogP contribution in [0.25, 0.3) is 0 Å². The lowest BCUT2D eigenvalue weighted by Crippen LogP contribution is -2.75. The molecular weight excluding hydrogens is 640 g/mol. The number of halogens is 18. The van der Waals surface area contributed by atoms with Crippen LogP contribution in [0.1, 0.15) is 27.7 Å². The van der Waals surface area contributed by atoms with Crippen LogP contribution in [0.4, 0.5) is 79.0 Å². The van der Waals surface area contributed by atoms with Crippen LogP contribution < -0.4 is 0 Å². The predicted octanol–water partition coefficient (Wildman–Crippen LogP) is 6.72. The smallest absolute Gasteiger partial charge is 0.460 e. The molecule has 1 atom stereocenters. The molecule has 0 spiro atoms. The Kier molecular flexibility index (Phi) is 11.9. The summed E-state index contributed by atoms with van der Waals surface area (Å²) in [6.45, 7) is 14.2. The fourth-order valence-electron chi connectivity index (χ4n) is 2.84. The zero-order valence-electron chi connectivity index (χ0n) is 20.3. The minimum atomic E-state index is -8.99. The van der Waals surface area contributed by atoms with E-state index >= 15 is 0 Å². The molecule has 23 heteroatoms. The summed E-state index contributed by atoms with van der Waals surface area (Å²) in [5.41, 5.74) is -6.14. The standard InChI is InChI=1S/C9H2F18O3S.C8H20N/c10-1(31(28,29)30)2(11,12)3(13,14)4(15,16)5(17,18)6(19,20)7(21,22)8(23,24)9(25,26)27;1-5-9(6-2,7-3)8-4/h1H,(H,28,29,30);5-8H2,1-4H3/q;+1/p-1.